The topological polar surface area (TPSA) is 93.1 Å². The van der Waals surface area contributed by atoms with Crippen LogP contribution >= 0.6 is 11.3 Å². The van der Waals surface area contributed by atoms with Crippen molar-refractivity contribution in [2.45, 2.75) is 12.8 Å². The summed E-state index contributed by atoms with van der Waals surface area (Å²) in [6.07, 6.45) is -0.369. The van der Waals surface area contributed by atoms with Crippen LogP contribution in [-0.4, -0.2) is 35.4 Å². The fraction of sp³-hybridized carbons (Fsp3) is 0.400. The number of hydrogen-bond acceptors (Lipinski definition) is 5. The van der Waals surface area contributed by atoms with Gasteiger partial charge in [0, 0.05) is 0 Å². The monoisotopic (exact) mass is 258 g/mol. The minimum absolute atomic E-state index is 0.185. The van der Waals surface area contributed by atoms with E-state index in [-0.39, 0.29) is 12.8 Å². The highest BCUT2D eigenvalue weighted by Gasteiger charge is 2.26. The fourth-order valence-electron chi connectivity index (χ4n) is 1.58. The molecule has 0 saturated heterocycles. The Hall–Kier alpha value is -1.76. The van der Waals surface area contributed by atoms with Crippen molar-refractivity contribution in [1.29, 1.82) is 0 Å². The number of carboxylic acid groups (broad SMARTS) is 2. The summed E-state index contributed by atoms with van der Waals surface area (Å²) in [7, 11) is 0. The standard InChI is InChI=1S/C10H10O6S/c11-7(12)3-5-9-10(16-2-1-15-9)6(17-5)4-8(13)14/h1-4H2,(H,11,12)(H,13,14). The summed E-state index contributed by atoms with van der Waals surface area (Å²) in [5, 5.41) is 17.5. The van der Waals surface area contributed by atoms with Crippen molar-refractivity contribution in [2.75, 3.05) is 13.2 Å². The van der Waals surface area contributed by atoms with E-state index in [0.717, 1.165) is 11.3 Å². The van der Waals surface area contributed by atoms with Crippen LogP contribution in [0.15, 0.2) is 0 Å². The van der Waals surface area contributed by atoms with Crippen LogP contribution in [0.5, 0.6) is 11.5 Å². The van der Waals surface area contributed by atoms with Crippen molar-refractivity contribution < 1.29 is 29.3 Å². The number of ether oxygens (including phenoxy) is 2. The summed E-state index contributed by atoms with van der Waals surface area (Å²) in [6, 6.07) is 0. The van der Waals surface area contributed by atoms with Crippen molar-refractivity contribution in [2.24, 2.45) is 0 Å². The molecule has 0 amide bonds. The van der Waals surface area contributed by atoms with Gasteiger partial charge in [-0.3, -0.25) is 9.59 Å². The molecule has 1 aliphatic rings. The lowest BCUT2D eigenvalue weighted by atomic mass is 10.2. The van der Waals surface area contributed by atoms with Crippen molar-refractivity contribution in [3.8, 4) is 11.5 Å². The first kappa shape index (κ1) is 11.7. The van der Waals surface area contributed by atoms with E-state index in [0.29, 0.717) is 34.5 Å². The predicted molar refractivity (Wildman–Crippen MR) is 58.0 cm³/mol. The Morgan fingerprint density at radius 1 is 1.00 bits per heavy atom. The zero-order valence-corrected chi connectivity index (χ0v) is 9.58. The number of carboxylic acids is 2. The van der Waals surface area contributed by atoms with E-state index in [1.165, 1.54) is 0 Å². The molecule has 0 atom stereocenters. The molecule has 7 heteroatoms. The number of hydrogen-bond donors (Lipinski definition) is 2. The van der Waals surface area contributed by atoms with Gasteiger partial charge in [0.15, 0.2) is 11.5 Å². The van der Waals surface area contributed by atoms with Crippen molar-refractivity contribution in [3.05, 3.63) is 9.75 Å². The minimum Gasteiger partial charge on any atom is -0.485 e. The van der Waals surface area contributed by atoms with Gasteiger partial charge in [-0.05, 0) is 0 Å². The zero-order valence-electron chi connectivity index (χ0n) is 8.76. The van der Waals surface area contributed by atoms with Gasteiger partial charge < -0.3 is 19.7 Å². The number of rotatable bonds is 4. The van der Waals surface area contributed by atoms with E-state index in [1.54, 1.807) is 0 Å². The lowest BCUT2D eigenvalue weighted by molar-refractivity contribution is -0.137. The van der Waals surface area contributed by atoms with Gasteiger partial charge in [0.2, 0.25) is 0 Å². The molecule has 0 fully saturated rings. The van der Waals surface area contributed by atoms with Crippen molar-refractivity contribution >= 4 is 23.3 Å². The Labute approximate surface area is 100 Å². The van der Waals surface area contributed by atoms with Crippen LogP contribution in [-0.2, 0) is 22.4 Å². The fourth-order valence-corrected chi connectivity index (χ4v) is 2.76. The first-order chi connectivity index (χ1) is 8.08. The van der Waals surface area contributed by atoms with Crippen LogP contribution in [0.2, 0.25) is 0 Å². The Bertz CT molecular complexity index is 423. The van der Waals surface area contributed by atoms with Gasteiger partial charge in [0.25, 0.3) is 0 Å². The van der Waals surface area contributed by atoms with E-state index >= 15 is 0 Å². The first-order valence-corrected chi connectivity index (χ1v) is 5.73. The first-order valence-electron chi connectivity index (χ1n) is 4.91. The molecular weight excluding hydrogens is 248 g/mol. The Morgan fingerprint density at radius 3 is 1.76 bits per heavy atom. The van der Waals surface area contributed by atoms with Crippen LogP contribution in [0.1, 0.15) is 9.75 Å². The average Bonchev–Trinajstić information content (AvgIpc) is 2.56. The number of fused-ring (bicyclic) bond motifs is 1. The average molecular weight is 258 g/mol. The zero-order chi connectivity index (χ0) is 12.4. The summed E-state index contributed by atoms with van der Waals surface area (Å²) in [5.74, 6) is -1.19. The molecular formula is C10H10O6S. The molecule has 0 spiro atoms. The van der Waals surface area contributed by atoms with Gasteiger partial charge in [0.05, 0.1) is 22.6 Å². The quantitative estimate of drug-likeness (QED) is 0.828. The van der Waals surface area contributed by atoms with Gasteiger partial charge in [-0.1, -0.05) is 0 Å². The van der Waals surface area contributed by atoms with E-state index in [2.05, 4.69) is 0 Å². The Morgan fingerprint density at radius 2 is 1.41 bits per heavy atom. The van der Waals surface area contributed by atoms with Crippen molar-refractivity contribution in [3.63, 3.8) is 0 Å². The summed E-state index contributed by atoms with van der Waals surface area (Å²) in [4.78, 5) is 22.4. The molecule has 0 aliphatic carbocycles. The maximum absolute atomic E-state index is 10.7. The lowest BCUT2D eigenvalue weighted by Gasteiger charge is -2.16. The molecule has 0 radical (unpaired) electrons. The predicted octanol–water partition coefficient (Wildman–Crippen LogP) is 0.774. The van der Waals surface area contributed by atoms with Crippen LogP contribution in [0.25, 0.3) is 0 Å². The molecule has 2 heterocycles. The smallest absolute Gasteiger partial charge is 0.308 e. The van der Waals surface area contributed by atoms with Gasteiger partial charge in [-0.25, -0.2) is 0 Å². The normalized spacial score (nSPS) is 13.4. The van der Waals surface area contributed by atoms with Crippen LogP contribution in [0.4, 0.5) is 0 Å². The molecule has 0 bridgehead atoms. The molecule has 92 valence electrons. The molecule has 1 aromatic rings. The van der Waals surface area contributed by atoms with Gasteiger partial charge in [-0.15, -0.1) is 11.3 Å². The number of carbonyl (C=O) groups is 2. The van der Waals surface area contributed by atoms with E-state index in [4.69, 9.17) is 19.7 Å². The summed E-state index contributed by atoms with van der Waals surface area (Å²) in [5.41, 5.74) is 0. The maximum atomic E-state index is 10.7. The highest BCUT2D eigenvalue weighted by atomic mass is 32.1. The van der Waals surface area contributed by atoms with E-state index < -0.39 is 11.9 Å². The van der Waals surface area contributed by atoms with Gasteiger partial charge in [-0.2, -0.15) is 0 Å². The summed E-state index contributed by atoms with van der Waals surface area (Å²) < 4.78 is 10.7. The van der Waals surface area contributed by atoms with Crippen LogP contribution < -0.4 is 9.47 Å². The van der Waals surface area contributed by atoms with E-state index in [1.807, 2.05) is 0 Å². The van der Waals surface area contributed by atoms with Crippen LogP contribution in [0, 0.1) is 0 Å². The highest BCUT2D eigenvalue weighted by molar-refractivity contribution is 7.13. The maximum Gasteiger partial charge on any atom is 0.308 e. The third-order valence-electron chi connectivity index (χ3n) is 2.16. The summed E-state index contributed by atoms with van der Waals surface area (Å²) >= 11 is 1.12. The third kappa shape index (κ3) is 2.50. The largest absolute Gasteiger partial charge is 0.485 e. The van der Waals surface area contributed by atoms with E-state index in [9.17, 15) is 9.59 Å². The number of thiophene rings is 1. The highest BCUT2D eigenvalue weighted by Crippen LogP contribution is 2.44. The lowest BCUT2D eigenvalue weighted by Crippen LogP contribution is -2.16. The van der Waals surface area contributed by atoms with Gasteiger partial charge >= 0.3 is 11.9 Å². The molecule has 2 rings (SSSR count). The molecule has 17 heavy (non-hydrogen) atoms. The Kier molecular flexibility index (Phi) is 3.19. The third-order valence-corrected chi connectivity index (χ3v) is 3.31. The molecule has 0 unspecified atom stereocenters. The second-order valence-electron chi connectivity index (χ2n) is 3.44. The second-order valence-corrected chi connectivity index (χ2v) is 4.63. The number of aliphatic carboxylic acids is 2. The molecule has 1 aromatic heterocycles. The summed E-state index contributed by atoms with van der Waals surface area (Å²) in [6.45, 7) is 0.700. The molecule has 2 N–H and O–H groups in total. The van der Waals surface area contributed by atoms with Crippen molar-refractivity contribution in [1.82, 2.24) is 0 Å². The molecule has 0 aromatic carbocycles. The SMILES string of the molecule is O=C(O)Cc1sc(CC(=O)O)c2c1OCCO2. The van der Waals surface area contributed by atoms with Gasteiger partial charge in [0.1, 0.15) is 13.2 Å². The molecule has 1 aliphatic heterocycles. The molecule has 0 saturated carbocycles. The minimum atomic E-state index is -0.981. The van der Waals surface area contributed by atoms with Crippen LogP contribution in [0.3, 0.4) is 0 Å². The molecule has 6 nitrogen and oxygen atoms in total. The Balaban J connectivity index is 2.36. The second kappa shape index (κ2) is 4.62.